The predicted molar refractivity (Wildman–Crippen MR) is 61.6 cm³/mol. The Balaban J connectivity index is 2.19. The summed E-state index contributed by atoms with van der Waals surface area (Å²) >= 11 is 0. The number of hydrogen-bond donors (Lipinski definition) is 3. The first-order valence-corrected chi connectivity index (χ1v) is 5.93. The molecule has 5 nitrogen and oxygen atoms in total. The third-order valence-electron chi connectivity index (χ3n) is 2.32. The van der Waals surface area contributed by atoms with Crippen LogP contribution in [-0.2, 0) is 4.84 Å². The first-order valence-electron chi connectivity index (χ1n) is 5.93. The molecule has 1 aliphatic rings. The quantitative estimate of drug-likeness (QED) is 0.574. The first kappa shape index (κ1) is 12.9. The molecule has 5 heteroatoms. The van der Waals surface area contributed by atoms with E-state index in [1.807, 2.05) is 12.0 Å². The molecule has 0 bridgehead atoms. The van der Waals surface area contributed by atoms with E-state index in [0.717, 1.165) is 52.5 Å². The van der Waals surface area contributed by atoms with E-state index in [4.69, 9.17) is 4.84 Å². The van der Waals surface area contributed by atoms with Crippen molar-refractivity contribution in [1.82, 2.24) is 21.0 Å². The van der Waals surface area contributed by atoms with Crippen molar-refractivity contribution in [3.05, 3.63) is 0 Å². The van der Waals surface area contributed by atoms with Gasteiger partial charge in [-0.15, -0.1) is 0 Å². The zero-order valence-corrected chi connectivity index (χ0v) is 9.72. The molecule has 0 spiro atoms. The Bertz CT molecular complexity index is 133. The van der Waals surface area contributed by atoms with Crippen LogP contribution in [0.25, 0.3) is 0 Å². The van der Waals surface area contributed by atoms with Crippen LogP contribution in [0.1, 0.15) is 13.3 Å². The van der Waals surface area contributed by atoms with Crippen LogP contribution in [0, 0.1) is 0 Å². The molecule has 0 unspecified atom stereocenters. The third-order valence-corrected chi connectivity index (χ3v) is 2.32. The summed E-state index contributed by atoms with van der Waals surface area (Å²) in [5, 5.41) is 12.1. The molecule has 0 radical (unpaired) electrons. The van der Waals surface area contributed by atoms with Crippen molar-refractivity contribution in [2.24, 2.45) is 0 Å². The number of nitrogens with zero attached hydrogens (tertiary/aromatic N) is 1. The van der Waals surface area contributed by atoms with Crippen molar-refractivity contribution in [2.45, 2.75) is 13.3 Å². The molecule has 90 valence electrons. The van der Waals surface area contributed by atoms with E-state index in [-0.39, 0.29) is 0 Å². The molecule has 1 heterocycles. The van der Waals surface area contributed by atoms with Crippen molar-refractivity contribution in [2.75, 3.05) is 52.5 Å². The Morgan fingerprint density at radius 2 is 1.73 bits per heavy atom. The molecule has 1 fully saturated rings. The van der Waals surface area contributed by atoms with Crippen molar-refractivity contribution in [3.63, 3.8) is 0 Å². The molecule has 1 rings (SSSR count). The summed E-state index contributed by atoms with van der Waals surface area (Å²) in [7, 11) is 0. The Morgan fingerprint density at radius 1 is 1.00 bits per heavy atom. The van der Waals surface area contributed by atoms with Crippen LogP contribution in [0.15, 0.2) is 0 Å². The van der Waals surface area contributed by atoms with Gasteiger partial charge in [-0.05, 0) is 26.4 Å². The van der Waals surface area contributed by atoms with Gasteiger partial charge < -0.3 is 16.0 Å². The third kappa shape index (κ3) is 6.81. The summed E-state index contributed by atoms with van der Waals surface area (Å²) in [5.74, 6) is 0. The number of rotatable bonds is 2. The van der Waals surface area contributed by atoms with Crippen LogP contribution >= 0.6 is 0 Å². The monoisotopic (exact) mass is 216 g/mol. The van der Waals surface area contributed by atoms with Crippen molar-refractivity contribution in [1.29, 1.82) is 0 Å². The van der Waals surface area contributed by atoms with Crippen LogP contribution < -0.4 is 16.0 Å². The van der Waals surface area contributed by atoms with Gasteiger partial charge >= 0.3 is 0 Å². The number of hydroxylamine groups is 2. The van der Waals surface area contributed by atoms with Gasteiger partial charge in [0, 0.05) is 26.2 Å². The average Bonchev–Trinajstić information content (AvgIpc) is 2.22. The molecule has 3 N–H and O–H groups in total. The SMILES string of the molecule is CCON1CCNCCNCCCNC1. The Morgan fingerprint density at radius 3 is 2.53 bits per heavy atom. The second-order valence-corrected chi connectivity index (χ2v) is 3.63. The van der Waals surface area contributed by atoms with E-state index in [2.05, 4.69) is 16.0 Å². The fraction of sp³-hybridized carbons (Fsp3) is 1.00. The van der Waals surface area contributed by atoms with Gasteiger partial charge in [0.25, 0.3) is 0 Å². The van der Waals surface area contributed by atoms with Crippen LogP contribution in [0.3, 0.4) is 0 Å². The minimum Gasteiger partial charge on any atom is -0.315 e. The predicted octanol–water partition coefficient (Wildman–Crippen LogP) is -0.630. The van der Waals surface area contributed by atoms with Gasteiger partial charge in [0.1, 0.15) is 0 Å². The summed E-state index contributed by atoms with van der Waals surface area (Å²) in [4.78, 5) is 5.50. The summed E-state index contributed by atoms with van der Waals surface area (Å²) in [6.07, 6.45) is 1.17. The van der Waals surface area contributed by atoms with Gasteiger partial charge in [-0.1, -0.05) is 0 Å². The fourth-order valence-electron chi connectivity index (χ4n) is 1.54. The highest BCUT2D eigenvalue weighted by Gasteiger charge is 2.03. The van der Waals surface area contributed by atoms with Gasteiger partial charge in [0.05, 0.1) is 13.3 Å². The van der Waals surface area contributed by atoms with E-state index in [1.165, 1.54) is 6.42 Å². The summed E-state index contributed by atoms with van der Waals surface area (Å²) in [5.41, 5.74) is 0. The molecular weight excluding hydrogens is 192 g/mol. The normalized spacial score (nSPS) is 23.0. The molecule has 0 saturated carbocycles. The van der Waals surface area contributed by atoms with Crippen molar-refractivity contribution >= 4 is 0 Å². The van der Waals surface area contributed by atoms with Gasteiger partial charge in [-0.2, -0.15) is 5.06 Å². The molecular formula is C10H24N4O. The molecule has 1 saturated heterocycles. The lowest BCUT2D eigenvalue weighted by atomic mass is 10.4. The van der Waals surface area contributed by atoms with Crippen LogP contribution in [0.2, 0.25) is 0 Å². The van der Waals surface area contributed by atoms with Crippen LogP contribution in [0.5, 0.6) is 0 Å². The number of hydrogen-bond acceptors (Lipinski definition) is 5. The van der Waals surface area contributed by atoms with Gasteiger partial charge in [-0.25, -0.2) is 0 Å². The maximum atomic E-state index is 5.50. The van der Waals surface area contributed by atoms with Gasteiger partial charge in [0.15, 0.2) is 0 Å². The molecule has 0 atom stereocenters. The van der Waals surface area contributed by atoms with Gasteiger partial charge in [0.2, 0.25) is 0 Å². The summed E-state index contributed by atoms with van der Waals surface area (Å²) in [6.45, 7) is 9.70. The molecule has 0 aromatic heterocycles. The second kappa shape index (κ2) is 9.06. The highest BCUT2D eigenvalue weighted by Crippen LogP contribution is 1.88. The fourth-order valence-corrected chi connectivity index (χ4v) is 1.54. The zero-order valence-electron chi connectivity index (χ0n) is 9.72. The highest BCUT2D eigenvalue weighted by molar-refractivity contribution is 4.57. The van der Waals surface area contributed by atoms with E-state index < -0.39 is 0 Å². The van der Waals surface area contributed by atoms with Crippen molar-refractivity contribution < 1.29 is 4.84 Å². The lowest BCUT2D eigenvalue weighted by Crippen LogP contribution is -2.41. The summed E-state index contributed by atoms with van der Waals surface area (Å²) in [6, 6.07) is 0. The molecule has 0 aromatic carbocycles. The minimum absolute atomic E-state index is 0.739. The van der Waals surface area contributed by atoms with Gasteiger partial charge in [-0.3, -0.25) is 4.84 Å². The lowest BCUT2D eigenvalue weighted by Gasteiger charge is -2.22. The van der Waals surface area contributed by atoms with E-state index in [1.54, 1.807) is 0 Å². The lowest BCUT2D eigenvalue weighted by molar-refractivity contribution is -0.157. The molecule has 0 aromatic rings. The van der Waals surface area contributed by atoms with Crippen molar-refractivity contribution in [3.8, 4) is 0 Å². The van der Waals surface area contributed by atoms with E-state index in [9.17, 15) is 0 Å². The number of nitrogens with one attached hydrogen (secondary N) is 3. The Hall–Kier alpha value is -0.200. The molecule has 0 aliphatic carbocycles. The van der Waals surface area contributed by atoms with E-state index >= 15 is 0 Å². The first-order chi connectivity index (χ1) is 7.43. The maximum absolute atomic E-state index is 5.50. The Labute approximate surface area is 92.5 Å². The topological polar surface area (TPSA) is 48.6 Å². The van der Waals surface area contributed by atoms with Crippen LogP contribution in [-0.4, -0.2) is 57.6 Å². The maximum Gasteiger partial charge on any atom is 0.0732 e. The second-order valence-electron chi connectivity index (χ2n) is 3.63. The largest absolute Gasteiger partial charge is 0.315 e. The molecule has 1 aliphatic heterocycles. The smallest absolute Gasteiger partial charge is 0.0732 e. The molecule has 0 amide bonds. The van der Waals surface area contributed by atoms with Crippen LogP contribution in [0.4, 0.5) is 0 Å². The molecule has 15 heavy (non-hydrogen) atoms. The van der Waals surface area contributed by atoms with E-state index in [0.29, 0.717) is 0 Å². The zero-order chi connectivity index (χ0) is 10.8. The Kier molecular flexibility index (Phi) is 7.77. The average molecular weight is 216 g/mol. The standard InChI is InChI=1S/C10H24N4O/c1-2-15-14-9-8-12-7-6-11-4-3-5-13-10-14/h11-13H,2-10H2,1H3. The summed E-state index contributed by atoms with van der Waals surface area (Å²) < 4.78 is 0. The highest BCUT2D eigenvalue weighted by atomic mass is 16.7. The minimum atomic E-state index is 0.739.